The summed E-state index contributed by atoms with van der Waals surface area (Å²) < 4.78 is 56.2. The van der Waals surface area contributed by atoms with Crippen molar-refractivity contribution >= 4 is 0 Å². The van der Waals surface area contributed by atoms with Crippen molar-refractivity contribution in [3.05, 3.63) is 35.9 Å². The van der Waals surface area contributed by atoms with Crippen molar-refractivity contribution in [2.75, 3.05) is 33.0 Å². The van der Waals surface area contributed by atoms with Crippen LogP contribution in [0.15, 0.2) is 30.3 Å². The summed E-state index contributed by atoms with van der Waals surface area (Å²) in [4.78, 5) is 0. The molecule has 5 heterocycles. The summed E-state index contributed by atoms with van der Waals surface area (Å²) in [6.07, 6.45) is -37.9. The Hall–Kier alpha value is -1.74. The molecule has 0 radical (unpaired) electrons. The second-order valence-electron chi connectivity index (χ2n) is 14.9. The van der Waals surface area contributed by atoms with E-state index in [-0.39, 0.29) is 6.61 Å². The minimum absolute atomic E-state index is 0.0538. The van der Waals surface area contributed by atoms with Crippen LogP contribution in [0, 0.1) is 0 Å². The molecule has 338 valence electrons. The first-order valence-corrected chi connectivity index (χ1v) is 19.0. The number of hydrogen-bond donors (Lipinski definition) is 14. The van der Waals surface area contributed by atoms with Gasteiger partial charge < -0.3 is 119 Å². The highest BCUT2D eigenvalue weighted by Crippen LogP contribution is 2.33. The van der Waals surface area contributed by atoms with Gasteiger partial charge in [-0.3, -0.25) is 0 Å². The number of ether oxygens (including phenoxy) is 10. The Bertz CT molecular complexity index is 1420. The zero-order chi connectivity index (χ0) is 42.7. The SMILES string of the molecule is OC[C@@H]1O[C@@H](OC[C@@H]2O[C@@H](O[C@H]3[C@H](OC[C@H]4O[C@@H](OCc5ccccc5)[C@H](O)[C@@H](O)[C@H]4O)O[C@H](CO[C@@H]4O[C@H](CO)[C@H](O)[C@H](O)[C@H]4O)[C@H](O)[C@@H]3O)[C@H](O)[C@H]2O)[C@H](O)[C@H]1O. The molecular weight excluding hydrogens is 804 g/mol. The van der Waals surface area contributed by atoms with Crippen molar-refractivity contribution in [3.63, 3.8) is 0 Å². The van der Waals surface area contributed by atoms with E-state index >= 15 is 0 Å². The van der Waals surface area contributed by atoms with Gasteiger partial charge in [-0.25, -0.2) is 0 Å². The van der Waals surface area contributed by atoms with Crippen molar-refractivity contribution in [2.24, 2.45) is 0 Å². The van der Waals surface area contributed by atoms with Crippen LogP contribution in [0.4, 0.5) is 0 Å². The van der Waals surface area contributed by atoms with Gasteiger partial charge in [0, 0.05) is 0 Å². The summed E-state index contributed by atoms with van der Waals surface area (Å²) >= 11 is 0. The highest BCUT2D eigenvalue weighted by molar-refractivity contribution is 5.13. The molecule has 0 saturated carbocycles. The molecular formula is C35H54O24. The standard InChI is InChI=1S/C35H54O24/c36-6-13-18(38)23(43)28(48)33(54-13)52-9-16-21(41)25(45)30(59-34-27(47)22(42)17(57-34)10-51-31-26(46)19(39)14(7-37)55-31)35(58-16)53-11-15-20(40)24(44)29(49)32(56-15)50-8-12-4-2-1-3-5-12/h1-5,13-49H,6-11H2/t13-,14+,15-,16-,17+,18+,19+,20+,21+,22+,23+,24+,25+,26-,27-,28-,29-,30-,31-,32-,33-,34+,35-/m1/s1. The highest BCUT2D eigenvalue weighted by Gasteiger charge is 2.54. The second-order valence-corrected chi connectivity index (χ2v) is 14.9. The van der Waals surface area contributed by atoms with Crippen LogP contribution in [0.3, 0.4) is 0 Å². The largest absolute Gasteiger partial charge is 0.394 e. The summed E-state index contributed by atoms with van der Waals surface area (Å²) in [6, 6.07) is 8.77. The zero-order valence-corrected chi connectivity index (χ0v) is 31.3. The quantitative estimate of drug-likeness (QED) is 0.0734. The van der Waals surface area contributed by atoms with Gasteiger partial charge in [0.1, 0.15) is 110 Å². The van der Waals surface area contributed by atoms with Crippen LogP contribution in [-0.2, 0) is 54.0 Å². The molecule has 0 bridgehead atoms. The zero-order valence-electron chi connectivity index (χ0n) is 31.3. The van der Waals surface area contributed by atoms with Crippen LogP contribution in [0.25, 0.3) is 0 Å². The van der Waals surface area contributed by atoms with E-state index in [9.17, 15) is 71.5 Å². The van der Waals surface area contributed by atoms with Crippen LogP contribution >= 0.6 is 0 Å². The average Bonchev–Trinajstić information content (AvgIpc) is 3.67. The number of aliphatic hydroxyl groups excluding tert-OH is 14. The fourth-order valence-corrected chi connectivity index (χ4v) is 7.16. The molecule has 0 spiro atoms. The van der Waals surface area contributed by atoms with Gasteiger partial charge in [-0.2, -0.15) is 0 Å². The van der Waals surface area contributed by atoms with Gasteiger partial charge >= 0.3 is 0 Å². The van der Waals surface area contributed by atoms with Crippen LogP contribution in [0.1, 0.15) is 5.56 Å². The van der Waals surface area contributed by atoms with E-state index in [0.29, 0.717) is 5.56 Å². The lowest BCUT2D eigenvalue weighted by Gasteiger charge is -2.45. The highest BCUT2D eigenvalue weighted by atomic mass is 16.8. The van der Waals surface area contributed by atoms with Gasteiger partial charge in [0.2, 0.25) is 0 Å². The van der Waals surface area contributed by atoms with Gasteiger partial charge in [0.25, 0.3) is 0 Å². The van der Waals surface area contributed by atoms with Gasteiger partial charge in [0.15, 0.2) is 31.5 Å². The normalized spacial score (nSPS) is 48.1. The molecule has 0 amide bonds. The van der Waals surface area contributed by atoms with E-state index < -0.39 is 174 Å². The maximum Gasteiger partial charge on any atom is 0.187 e. The van der Waals surface area contributed by atoms with Crippen molar-refractivity contribution in [3.8, 4) is 0 Å². The Morgan fingerprint density at radius 3 is 1.25 bits per heavy atom. The molecule has 1 aromatic rings. The van der Waals surface area contributed by atoms with E-state index in [1.54, 1.807) is 30.3 Å². The molecule has 5 aliphatic heterocycles. The molecule has 5 saturated heterocycles. The van der Waals surface area contributed by atoms with Crippen molar-refractivity contribution in [1.29, 1.82) is 0 Å². The van der Waals surface area contributed by atoms with Crippen LogP contribution in [0.2, 0.25) is 0 Å². The lowest BCUT2D eigenvalue weighted by Crippen LogP contribution is -2.63. The first-order valence-electron chi connectivity index (χ1n) is 19.0. The first kappa shape index (κ1) is 46.8. The monoisotopic (exact) mass is 858 g/mol. The number of hydrogen-bond acceptors (Lipinski definition) is 24. The number of benzene rings is 1. The van der Waals surface area contributed by atoms with E-state index in [1.165, 1.54) is 0 Å². The summed E-state index contributed by atoms with van der Waals surface area (Å²) in [6.45, 7) is -3.36. The molecule has 6 rings (SSSR count). The van der Waals surface area contributed by atoms with Crippen LogP contribution in [0.5, 0.6) is 0 Å². The van der Waals surface area contributed by atoms with Crippen LogP contribution < -0.4 is 0 Å². The maximum absolute atomic E-state index is 11.4. The molecule has 5 fully saturated rings. The summed E-state index contributed by atoms with van der Waals surface area (Å²) in [5, 5.41) is 146. The number of rotatable bonds is 16. The molecule has 1 aromatic carbocycles. The minimum Gasteiger partial charge on any atom is -0.394 e. The second kappa shape index (κ2) is 20.6. The van der Waals surface area contributed by atoms with Gasteiger partial charge in [-0.05, 0) is 5.56 Å². The summed E-state index contributed by atoms with van der Waals surface area (Å²) in [7, 11) is 0. The predicted molar refractivity (Wildman–Crippen MR) is 184 cm³/mol. The third kappa shape index (κ3) is 10.4. The predicted octanol–water partition coefficient (Wildman–Crippen LogP) is -8.42. The number of aliphatic hydroxyl groups is 14. The Morgan fingerprint density at radius 2 is 0.729 bits per heavy atom. The topological polar surface area (TPSA) is 376 Å². The Labute approximate surface area is 335 Å². The minimum atomic E-state index is -1.98. The van der Waals surface area contributed by atoms with Crippen molar-refractivity contribution < 1.29 is 119 Å². The van der Waals surface area contributed by atoms with E-state index in [1.807, 2.05) is 0 Å². The Balaban J connectivity index is 1.14. The molecule has 0 unspecified atom stereocenters. The molecule has 0 aliphatic carbocycles. The molecule has 23 atom stereocenters. The van der Waals surface area contributed by atoms with Gasteiger partial charge in [0.05, 0.1) is 39.6 Å². The van der Waals surface area contributed by atoms with E-state index in [2.05, 4.69) is 0 Å². The smallest absolute Gasteiger partial charge is 0.187 e. The third-order valence-electron chi connectivity index (χ3n) is 10.8. The molecule has 59 heavy (non-hydrogen) atoms. The Kier molecular flexibility index (Phi) is 16.3. The molecule has 5 aliphatic rings. The first-order chi connectivity index (χ1) is 28.1. The molecule has 24 nitrogen and oxygen atoms in total. The average molecular weight is 859 g/mol. The van der Waals surface area contributed by atoms with Gasteiger partial charge in [-0.1, -0.05) is 30.3 Å². The van der Waals surface area contributed by atoms with Crippen LogP contribution in [-0.4, -0.2) is 246 Å². The Morgan fingerprint density at radius 1 is 0.373 bits per heavy atom. The summed E-state index contributed by atoms with van der Waals surface area (Å²) in [5.41, 5.74) is 0.700. The van der Waals surface area contributed by atoms with E-state index in [4.69, 9.17) is 47.4 Å². The lowest BCUT2D eigenvalue weighted by molar-refractivity contribution is -0.360. The van der Waals surface area contributed by atoms with Crippen molar-refractivity contribution in [2.45, 2.75) is 148 Å². The summed E-state index contributed by atoms with van der Waals surface area (Å²) in [5.74, 6) is 0. The van der Waals surface area contributed by atoms with Gasteiger partial charge in [-0.15, -0.1) is 0 Å². The fraction of sp³-hybridized carbons (Fsp3) is 0.829. The lowest BCUT2D eigenvalue weighted by atomic mass is 9.97. The fourth-order valence-electron chi connectivity index (χ4n) is 7.16. The maximum atomic E-state index is 11.4. The van der Waals surface area contributed by atoms with Crippen molar-refractivity contribution in [1.82, 2.24) is 0 Å². The molecule has 14 N–H and O–H groups in total. The van der Waals surface area contributed by atoms with E-state index in [0.717, 1.165) is 0 Å². The molecule has 0 aromatic heterocycles. The third-order valence-corrected chi connectivity index (χ3v) is 10.8. The molecule has 24 heteroatoms.